The molecule has 1 saturated heterocycles. The highest BCUT2D eigenvalue weighted by atomic mass is 28.4. The standard InChI is InChI=1S/C14H28O4Si/c1-5-19(6-2,18-14(16-4)10-15-3)11-7-8-12-13(9-11)17-12/h11-14H,5-10H2,1-4H3. The first-order chi connectivity index (χ1) is 9.19. The van der Waals surface area contributed by atoms with Gasteiger partial charge in [-0.05, 0) is 36.9 Å². The minimum atomic E-state index is -1.76. The first-order valence-electron chi connectivity index (χ1n) is 7.54. The van der Waals surface area contributed by atoms with Gasteiger partial charge in [-0.15, -0.1) is 0 Å². The monoisotopic (exact) mass is 288 g/mol. The molecule has 19 heavy (non-hydrogen) atoms. The Hall–Kier alpha value is 0.0569. The highest BCUT2D eigenvalue weighted by Crippen LogP contribution is 2.49. The van der Waals surface area contributed by atoms with Gasteiger partial charge in [0.05, 0.1) is 18.8 Å². The fourth-order valence-electron chi connectivity index (χ4n) is 3.52. The van der Waals surface area contributed by atoms with E-state index in [0.29, 0.717) is 24.4 Å². The summed E-state index contributed by atoms with van der Waals surface area (Å²) in [5.74, 6) is 0. The summed E-state index contributed by atoms with van der Waals surface area (Å²) in [5.41, 5.74) is 0.709. The normalized spacial score (nSPS) is 31.9. The lowest BCUT2D eigenvalue weighted by Gasteiger charge is -2.40. The SMILES string of the molecule is CC[Si](CC)(OC(COC)OC)C1CCC2OC2C1. The molecule has 2 fully saturated rings. The number of rotatable bonds is 8. The van der Waals surface area contributed by atoms with Crippen molar-refractivity contribution in [3.8, 4) is 0 Å². The smallest absolute Gasteiger partial charge is 0.199 e. The largest absolute Gasteiger partial charge is 0.390 e. The predicted octanol–water partition coefficient (Wildman–Crippen LogP) is 2.93. The van der Waals surface area contributed by atoms with Crippen LogP contribution in [0.2, 0.25) is 17.6 Å². The van der Waals surface area contributed by atoms with Gasteiger partial charge in [0.1, 0.15) is 0 Å². The van der Waals surface area contributed by atoms with E-state index in [9.17, 15) is 0 Å². The van der Waals surface area contributed by atoms with Crippen molar-refractivity contribution in [1.29, 1.82) is 0 Å². The van der Waals surface area contributed by atoms with Gasteiger partial charge < -0.3 is 18.6 Å². The van der Waals surface area contributed by atoms with E-state index in [-0.39, 0.29) is 6.29 Å². The van der Waals surface area contributed by atoms with Crippen molar-refractivity contribution in [2.24, 2.45) is 0 Å². The van der Waals surface area contributed by atoms with E-state index in [1.54, 1.807) is 14.2 Å². The second kappa shape index (κ2) is 6.67. The maximum absolute atomic E-state index is 6.47. The first kappa shape index (κ1) is 15.4. The fourth-order valence-corrected chi connectivity index (χ4v) is 7.74. The number of ether oxygens (including phenoxy) is 3. The lowest BCUT2D eigenvalue weighted by molar-refractivity contribution is -0.101. The molecule has 1 aliphatic heterocycles. The van der Waals surface area contributed by atoms with Crippen molar-refractivity contribution >= 4 is 8.32 Å². The molecule has 0 radical (unpaired) electrons. The molecule has 0 aromatic carbocycles. The molecule has 0 aromatic heterocycles. The molecular weight excluding hydrogens is 260 g/mol. The van der Waals surface area contributed by atoms with Crippen LogP contribution < -0.4 is 0 Å². The number of methoxy groups -OCH3 is 2. The zero-order chi connectivity index (χ0) is 13.9. The maximum atomic E-state index is 6.47. The molecule has 1 saturated carbocycles. The van der Waals surface area contributed by atoms with E-state index < -0.39 is 8.32 Å². The molecule has 1 heterocycles. The Balaban J connectivity index is 2.02. The van der Waals surface area contributed by atoms with Gasteiger partial charge in [-0.3, -0.25) is 0 Å². The van der Waals surface area contributed by atoms with Crippen molar-refractivity contribution in [2.75, 3.05) is 20.8 Å². The van der Waals surface area contributed by atoms with Crippen molar-refractivity contribution in [3.05, 3.63) is 0 Å². The summed E-state index contributed by atoms with van der Waals surface area (Å²) < 4.78 is 22.8. The average molecular weight is 288 g/mol. The van der Waals surface area contributed by atoms with Gasteiger partial charge in [-0.1, -0.05) is 13.8 Å². The number of hydrogen-bond acceptors (Lipinski definition) is 4. The molecular formula is C14H28O4Si. The van der Waals surface area contributed by atoms with Gasteiger partial charge in [-0.2, -0.15) is 0 Å². The Bertz CT molecular complexity index is 283. The zero-order valence-electron chi connectivity index (χ0n) is 12.7. The van der Waals surface area contributed by atoms with Crippen LogP contribution in [-0.2, 0) is 18.6 Å². The van der Waals surface area contributed by atoms with E-state index in [1.165, 1.54) is 19.3 Å². The van der Waals surface area contributed by atoms with E-state index >= 15 is 0 Å². The Labute approximate surface area is 117 Å². The van der Waals surface area contributed by atoms with Crippen LogP contribution in [0.4, 0.5) is 0 Å². The van der Waals surface area contributed by atoms with Crippen molar-refractivity contribution in [2.45, 2.75) is 69.2 Å². The highest BCUT2D eigenvalue weighted by molar-refractivity contribution is 6.75. The Morgan fingerprint density at radius 3 is 2.42 bits per heavy atom. The molecule has 0 aromatic rings. The van der Waals surface area contributed by atoms with Gasteiger partial charge in [-0.25, -0.2) is 0 Å². The van der Waals surface area contributed by atoms with E-state index in [1.807, 2.05) is 0 Å². The van der Waals surface area contributed by atoms with Crippen LogP contribution in [-0.4, -0.2) is 47.6 Å². The maximum Gasteiger partial charge on any atom is 0.199 e. The van der Waals surface area contributed by atoms with E-state index in [0.717, 1.165) is 12.1 Å². The van der Waals surface area contributed by atoms with Crippen molar-refractivity contribution < 1.29 is 18.6 Å². The third-order valence-electron chi connectivity index (χ3n) is 4.88. The fraction of sp³-hybridized carbons (Fsp3) is 1.00. The minimum absolute atomic E-state index is 0.214. The summed E-state index contributed by atoms with van der Waals surface area (Å²) in [6.07, 6.45) is 4.55. The molecule has 4 unspecified atom stereocenters. The molecule has 2 aliphatic rings. The Kier molecular flexibility index (Phi) is 5.43. The molecule has 4 nitrogen and oxygen atoms in total. The van der Waals surface area contributed by atoms with Crippen LogP contribution in [0.5, 0.6) is 0 Å². The molecule has 5 heteroatoms. The number of epoxide rings is 1. The van der Waals surface area contributed by atoms with Crippen LogP contribution in [0.1, 0.15) is 33.1 Å². The molecule has 0 amide bonds. The first-order valence-corrected chi connectivity index (χ1v) is 9.94. The topological polar surface area (TPSA) is 40.2 Å². The average Bonchev–Trinajstić information content (AvgIpc) is 3.22. The van der Waals surface area contributed by atoms with Gasteiger partial charge in [0.25, 0.3) is 0 Å². The van der Waals surface area contributed by atoms with Crippen molar-refractivity contribution in [3.63, 3.8) is 0 Å². The number of hydrogen-bond donors (Lipinski definition) is 0. The van der Waals surface area contributed by atoms with E-state index in [4.69, 9.17) is 18.6 Å². The van der Waals surface area contributed by atoms with Crippen LogP contribution in [0.25, 0.3) is 0 Å². The summed E-state index contributed by atoms with van der Waals surface area (Å²) in [6.45, 7) is 5.06. The third kappa shape index (κ3) is 3.39. The zero-order valence-corrected chi connectivity index (χ0v) is 13.7. The second-order valence-electron chi connectivity index (χ2n) is 5.73. The minimum Gasteiger partial charge on any atom is -0.390 e. The van der Waals surface area contributed by atoms with Gasteiger partial charge in [0.2, 0.25) is 0 Å². The molecule has 0 bridgehead atoms. The molecule has 4 atom stereocenters. The second-order valence-corrected chi connectivity index (χ2v) is 10.3. The molecule has 2 rings (SSSR count). The summed E-state index contributed by atoms with van der Waals surface area (Å²) in [7, 11) is 1.63. The predicted molar refractivity (Wildman–Crippen MR) is 76.7 cm³/mol. The van der Waals surface area contributed by atoms with E-state index in [2.05, 4.69) is 13.8 Å². The Morgan fingerprint density at radius 1 is 1.16 bits per heavy atom. The van der Waals surface area contributed by atoms with Crippen LogP contribution in [0.15, 0.2) is 0 Å². The molecule has 1 aliphatic carbocycles. The van der Waals surface area contributed by atoms with Gasteiger partial charge in [0.15, 0.2) is 14.6 Å². The van der Waals surface area contributed by atoms with Crippen LogP contribution in [0.3, 0.4) is 0 Å². The highest BCUT2D eigenvalue weighted by Gasteiger charge is 2.51. The molecule has 112 valence electrons. The summed E-state index contributed by atoms with van der Waals surface area (Å²) in [5, 5.41) is 0. The van der Waals surface area contributed by atoms with Gasteiger partial charge in [0, 0.05) is 14.2 Å². The lowest BCUT2D eigenvalue weighted by Crippen LogP contribution is -2.48. The quantitative estimate of drug-likeness (QED) is 0.391. The van der Waals surface area contributed by atoms with Crippen molar-refractivity contribution in [1.82, 2.24) is 0 Å². The summed E-state index contributed by atoms with van der Waals surface area (Å²) >= 11 is 0. The third-order valence-corrected chi connectivity index (χ3v) is 10.0. The number of fused-ring (bicyclic) bond motifs is 1. The van der Waals surface area contributed by atoms with Crippen LogP contribution >= 0.6 is 0 Å². The Morgan fingerprint density at radius 2 is 1.89 bits per heavy atom. The summed E-state index contributed by atoms with van der Waals surface area (Å²) in [6, 6.07) is 2.30. The van der Waals surface area contributed by atoms with Gasteiger partial charge >= 0.3 is 0 Å². The lowest BCUT2D eigenvalue weighted by atomic mass is 10.0. The molecule has 0 spiro atoms. The molecule has 0 N–H and O–H groups in total. The summed E-state index contributed by atoms with van der Waals surface area (Å²) in [4.78, 5) is 0. The van der Waals surface area contributed by atoms with Crippen LogP contribution in [0, 0.1) is 0 Å².